The predicted molar refractivity (Wildman–Crippen MR) is 81.7 cm³/mol. The number of rotatable bonds is 3. The number of morpholine rings is 1. The summed E-state index contributed by atoms with van der Waals surface area (Å²) in [6.07, 6.45) is 0. The molecule has 0 unspecified atom stereocenters. The third-order valence-electron chi connectivity index (χ3n) is 3.17. The van der Waals surface area contributed by atoms with Gasteiger partial charge in [0.1, 0.15) is 0 Å². The molecule has 1 aliphatic heterocycles. The summed E-state index contributed by atoms with van der Waals surface area (Å²) in [6, 6.07) is 9.09. The average molecular weight is 300 g/mol. The van der Waals surface area contributed by atoms with E-state index >= 15 is 0 Å². The summed E-state index contributed by atoms with van der Waals surface area (Å²) in [5, 5.41) is 2.73. The molecule has 1 saturated heterocycles. The topological polar surface area (TPSA) is 106 Å². The van der Waals surface area contributed by atoms with Crippen molar-refractivity contribution in [2.45, 2.75) is 0 Å². The van der Waals surface area contributed by atoms with Crippen LogP contribution in [0.1, 0.15) is 10.6 Å². The highest BCUT2D eigenvalue weighted by Crippen LogP contribution is 2.13. The maximum atomic E-state index is 12.2. The number of benzene rings is 1. The van der Waals surface area contributed by atoms with Crippen LogP contribution < -0.4 is 16.0 Å². The number of nitrogen functional groups attached to an aromatic ring is 1. The largest absolute Gasteiger partial charge is 0.378 e. The number of carbonyl (C=O) groups excluding carboxylic acids is 1. The van der Waals surface area contributed by atoms with E-state index in [0.717, 1.165) is 0 Å². The number of ether oxygens (including phenoxy) is 1. The quantitative estimate of drug-likeness (QED) is 0.852. The number of nitrogens with zero attached hydrogens (tertiary/aromatic N) is 4. The summed E-state index contributed by atoms with van der Waals surface area (Å²) < 4.78 is 5.28. The molecule has 1 amide bonds. The van der Waals surface area contributed by atoms with Crippen LogP contribution in [0, 0.1) is 0 Å². The molecule has 114 valence electrons. The molecule has 1 aromatic carbocycles. The molecule has 1 aliphatic rings. The molecule has 2 heterocycles. The van der Waals surface area contributed by atoms with Gasteiger partial charge in [0.05, 0.1) is 13.2 Å². The van der Waals surface area contributed by atoms with Gasteiger partial charge in [-0.1, -0.05) is 18.2 Å². The lowest BCUT2D eigenvalue weighted by atomic mass is 10.3. The second-order valence-electron chi connectivity index (χ2n) is 4.74. The number of hydrogen-bond donors (Lipinski definition) is 2. The summed E-state index contributed by atoms with van der Waals surface area (Å²) in [5.41, 5.74) is 6.36. The van der Waals surface area contributed by atoms with Crippen molar-refractivity contribution in [3.8, 4) is 0 Å². The van der Waals surface area contributed by atoms with Crippen LogP contribution >= 0.6 is 0 Å². The van der Waals surface area contributed by atoms with E-state index in [-0.39, 0.29) is 11.8 Å². The van der Waals surface area contributed by atoms with Gasteiger partial charge in [-0.3, -0.25) is 4.79 Å². The summed E-state index contributed by atoms with van der Waals surface area (Å²) in [6.45, 7) is 2.50. The molecule has 0 spiro atoms. The molecular weight excluding hydrogens is 284 g/mol. The molecule has 1 aromatic heterocycles. The SMILES string of the molecule is Nc1nc(C(=O)Nc2ccccc2)nc(N2CCOCC2)n1. The highest BCUT2D eigenvalue weighted by molar-refractivity contribution is 6.01. The summed E-state index contributed by atoms with van der Waals surface area (Å²) in [5.74, 6) is -0.00336. The Morgan fingerprint density at radius 2 is 1.86 bits per heavy atom. The molecule has 8 heteroatoms. The van der Waals surface area contributed by atoms with E-state index in [1.54, 1.807) is 12.1 Å². The van der Waals surface area contributed by atoms with Crippen molar-refractivity contribution in [2.75, 3.05) is 42.3 Å². The van der Waals surface area contributed by atoms with Crippen molar-refractivity contribution in [1.82, 2.24) is 15.0 Å². The lowest BCUT2D eigenvalue weighted by Crippen LogP contribution is -2.38. The zero-order chi connectivity index (χ0) is 15.4. The molecule has 0 bridgehead atoms. The van der Waals surface area contributed by atoms with Gasteiger partial charge < -0.3 is 20.7 Å². The van der Waals surface area contributed by atoms with Crippen LogP contribution in [0.3, 0.4) is 0 Å². The molecule has 2 aromatic rings. The number of nitrogens with one attached hydrogen (secondary N) is 1. The Bertz CT molecular complexity index is 658. The van der Waals surface area contributed by atoms with Crippen molar-refractivity contribution < 1.29 is 9.53 Å². The van der Waals surface area contributed by atoms with Crippen LogP contribution in [0.5, 0.6) is 0 Å². The van der Waals surface area contributed by atoms with Crippen molar-refractivity contribution in [3.05, 3.63) is 36.2 Å². The number of hydrogen-bond acceptors (Lipinski definition) is 7. The third kappa shape index (κ3) is 3.29. The molecule has 1 fully saturated rings. The minimum atomic E-state index is -0.421. The molecule has 3 N–H and O–H groups in total. The van der Waals surface area contributed by atoms with Crippen LogP contribution in [0.15, 0.2) is 30.3 Å². The van der Waals surface area contributed by atoms with Gasteiger partial charge in [0, 0.05) is 18.8 Å². The molecule has 3 rings (SSSR count). The Morgan fingerprint density at radius 1 is 1.14 bits per heavy atom. The Hall–Kier alpha value is -2.74. The van der Waals surface area contributed by atoms with E-state index in [9.17, 15) is 4.79 Å². The van der Waals surface area contributed by atoms with Gasteiger partial charge in [-0.2, -0.15) is 15.0 Å². The van der Waals surface area contributed by atoms with Crippen LogP contribution in [0.25, 0.3) is 0 Å². The molecular formula is C14H16N6O2. The zero-order valence-electron chi connectivity index (χ0n) is 11.9. The summed E-state index contributed by atoms with van der Waals surface area (Å²) >= 11 is 0. The number of amides is 1. The number of para-hydroxylation sites is 1. The van der Waals surface area contributed by atoms with Crippen molar-refractivity contribution in [1.29, 1.82) is 0 Å². The number of carbonyl (C=O) groups is 1. The van der Waals surface area contributed by atoms with Crippen molar-refractivity contribution in [3.63, 3.8) is 0 Å². The second-order valence-corrected chi connectivity index (χ2v) is 4.74. The Morgan fingerprint density at radius 3 is 2.59 bits per heavy atom. The van der Waals surface area contributed by atoms with E-state index in [0.29, 0.717) is 37.9 Å². The Kier molecular flexibility index (Phi) is 4.10. The van der Waals surface area contributed by atoms with Gasteiger partial charge in [0.25, 0.3) is 5.91 Å². The fourth-order valence-corrected chi connectivity index (χ4v) is 2.10. The molecule has 8 nitrogen and oxygen atoms in total. The van der Waals surface area contributed by atoms with Crippen LogP contribution in [0.2, 0.25) is 0 Å². The summed E-state index contributed by atoms with van der Waals surface area (Å²) in [7, 11) is 0. The van der Waals surface area contributed by atoms with E-state index in [4.69, 9.17) is 10.5 Å². The lowest BCUT2D eigenvalue weighted by molar-refractivity contribution is 0.101. The molecule has 0 radical (unpaired) electrons. The van der Waals surface area contributed by atoms with Gasteiger partial charge in [-0.25, -0.2) is 0 Å². The van der Waals surface area contributed by atoms with Crippen LogP contribution in [0.4, 0.5) is 17.6 Å². The maximum absolute atomic E-state index is 12.2. The van der Waals surface area contributed by atoms with E-state index in [1.807, 2.05) is 23.1 Å². The normalized spacial score (nSPS) is 14.6. The van der Waals surface area contributed by atoms with Gasteiger partial charge >= 0.3 is 0 Å². The molecule has 22 heavy (non-hydrogen) atoms. The standard InChI is InChI=1S/C14H16N6O2/c15-13-17-11(12(21)16-10-4-2-1-3-5-10)18-14(19-13)20-6-8-22-9-7-20/h1-5H,6-9H2,(H,16,21)(H2,15,17,18,19). The summed E-state index contributed by atoms with van der Waals surface area (Å²) in [4.78, 5) is 26.4. The molecule has 0 atom stereocenters. The van der Waals surface area contributed by atoms with Gasteiger partial charge in [0.2, 0.25) is 17.7 Å². The van der Waals surface area contributed by atoms with Gasteiger partial charge in [0.15, 0.2) is 0 Å². The first kappa shape index (κ1) is 14.2. The smallest absolute Gasteiger partial charge is 0.293 e. The average Bonchev–Trinajstić information content (AvgIpc) is 2.56. The number of anilines is 3. The minimum Gasteiger partial charge on any atom is -0.378 e. The first-order valence-electron chi connectivity index (χ1n) is 6.93. The lowest BCUT2D eigenvalue weighted by Gasteiger charge is -2.26. The highest BCUT2D eigenvalue weighted by atomic mass is 16.5. The van der Waals surface area contributed by atoms with Crippen molar-refractivity contribution >= 4 is 23.5 Å². The Labute approximate surface area is 127 Å². The predicted octanol–water partition coefficient (Wildman–Crippen LogP) is 0.543. The van der Waals surface area contributed by atoms with Crippen LogP contribution in [-0.2, 0) is 4.74 Å². The highest BCUT2D eigenvalue weighted by Gasteiger charge is 2.18. The molecule has 0 aliphatic carbocycles. The first-order valence-corrected chi connectivity index (χ1v) is 6.93. The molecule has 0 saturated carbocycles. The van der Waals surface area contributed by atoms with E-state index < -0.39 is 5.91 Å². The fourth-order valence-electron chi connectivity index (χ4n) is 2.10. The minimum absolute atomic E-state index is 0.00200. The number of nitrogens with two attached hydrogens (primary N) is 1. The first-order chi connectivity index (χ1) is 10.7. The second kappa shape index (κ2) is 6.35. The zero-order valence-corrected chi connectivity index (χ0v) is 11.9. The maximum Gasteiger partial charge on any atom is 0.293 e. The van der Waals surface area contributed by atoms with E-state index in [1.165, 1.54) is 0 Å². The third-order valence-corrected chi connectivity index (χ3v) is 3.17. The van der Waals surface area contributed by atoms with Crippen LogP contribution in [-0.4, -0.2) is 47.2 Å². The van der Waals surface area contributed by atoms with Gasteiger partial charge in [-0.15, -0.1) is 0 Å². The fraction of sp³-hybridized carbons (Fsp3) is 0.286. The Balaban J connectivity index is 1.81. The monoisotopic (exact) mass is 300 g/mol. The van der Waals surface area contributed by atoms with E-state index in [2.05, 4.69) is 20.3 Å². The number of aromatic nitrogens is 3. The van der Waals surface area contributed by atoms with Crippen molar-refractivity contribution in [2.24, 2.45) is 0 Å². The van der Waals surface area contributed by atoms with Gasteiger partial charge in [-0.05, 0) is 12.1 Å².